The second kappa shape index (κ2) is 6.22. The molecule has 0 aliphatic heterocycles. The molecule has 1 fully saturated rings. The first-order valence-electron chi connectivity index (χ1n) is 5.51. The fraction of sp³-hybridized carbons (Fsp3) is 0.455. The van der Waals surface area contributed by atoms with Crippen LogP contribution in [-0.4, -0.2) is 30.7 Å². The van der Waals surface area contributed by atoms with Crippen LogP contribution in [0, 0.1) is 0 Å². The summed E-state index contributed by atoms with van der Waals surface area (Å²) in [5.41, 5.74) is 0.380. The van der Waals surface area contributed by atoms with E-state index in [1.807, 2.05) is 0 Å². The maximum Gasteiger partial charge on any atom is 0.239 e. The maximum absolute atomic E-state index is 10.5. The summed E-state index contributed by atoms with van der Waals surface area (Å²) in [5, 5.41) is 2.84. The second-order valence-electron chi connectivity index (χ2n) is 3.79. The van der Waals surface area contributed by atoms with Crippen molar-refractivity contribution in [3.63, 3.8) is 0 Å². The molecule has 0 unspecified atom stereocenters. The molecule has 2 rings (SSSR count). The molecule has 98 valence electrons. The Morgan fingerprint density at radius 3 is 2.89 bits per heavy atom. The van der Waals surface area contributed by atoms with Gasteiger partial charge in [0.1, 0.15) is 12.3 Å². The van der Waals surface area contributed by atoms with E-state index in [0.29, 0.717) is 31.4 Å². The lowest BCUT2D eigenvalue weighted by Gasteiger charge is -2.10. The number of nitrogens with zero attached hydrogens (tertiary/aromatic N) is 1. The normalized spacial score (nSPS) is 14.3. The van der Waals surface area contributed by atoms with Crippen molar-refractivity contribution < 1.29 is 14.3 Å². The minimum Gasteiger partial charge on any atom is -0.474 e. The lowest BCUT2D eigenvalue weighted by molar-refractivity contribution is -0.105. The molecule has 1 heterocycles. The quantitative estimate of drug-likeness (QED) is 0.476. The highest BCUT2D eigenvalue weighted by atomic mass is 35.5. The van der Waals surface area contributed by atoms with Gasteiger partial charge in [-0.15, -0.1) is 0 Å². The average Bonchev–Trinajstić information content (AvgIpc) is 3.15. The van der Waals surface area contributed by atoms with Crippen molar-refractivity contribution in [2.24, 2.45) is 0 Å². The lowest BCUT2D eigenvalue weighted by Crippen LogP contribution is -2.10. The highest BCUT2D eigenvalue weighted by Gasteiger charge is 2.21. The molecule has 18 heavy (non-hydrogen) atoms. The molecule has 1 amide bonds. The molecule has 1 saturated carbocycles. The van der Waals surface area contributed by atoms with Crippen LogP contribution in [0.5, 0.6) is 5.88 Å². The molecule has 0 aromatic carbocycles. The zero-order valence-electron chi connectivity index (χ0n) is 9.49. The summed E-state index contributed by atoms with van der Waals surface area (Å²) in [5.74, 6) is 0.232. The first-order chi connectivity index (χ1) is 8.70. The topological polar surface area (TPSA) is 60.5 Å². The summed E-state index contributed by atoms with van der Waals surface area (Å²) in [6.45, 7) is 0.822. The molecule has 0 atom stereocenters. The van der Waals surface area contributed by atoms with Crippen molar-refractivity contribution in [2.75, 3.05) is 18.5 Å². The number of nitrogens with one attached hydrogen (secondary N) is 1. The Labute approximate surface area is 114 Å². The highest BCUT2D eigenvalue weighted by Crippen LogP contribution is 2.30. The van der Waals surface area contributed by atoms with Crippen molar-refractivity contribution in [3.8, 4) is 5.88 Å². The van der Waals surface area contributed by atoms with Crippen LogP contribution in [0.3, 0.4) is 0 Å². The van der Waals surface area contributed by atoms with E-state index < -0.39 is 0 Å². The van der Waals surface area contributed by atoms with Crippen molar-refractivity contribution in [1.82, 2.24) is 4.98 Å². The van der Waals surface area contributed by atoms with Gasteiger partial charge in [-0.1, -0.05) is 23.2 Å². The average molecular weight is 291 g/mol. The Hall–Kier alpha value is -1.04. The summed E-state index contributed by atoms with van der Waals surface area (Å²) in [4.78, 5) is 14.4. The molecule has 5 nitrogen and oxygen atoms in total. The zero-order valence-corrected chi connectivity index (χ0v) is 11.0. The highest BCUT2D eigenvalue weighted by molar-refractivity contribution is 6.41. The number of hydrogen-bond donors (Lipinski definition) is 1. The molecule has 1 aliphatic rings. The molecule has 0 radical (unpaired) electrons. The van der Waals surface area contributed by atoms with Crippen LogP contribution in [0.1, 0.15) is 12.8 Å². The predicted molar refractivity (Wildman–Crippen MR) is 68.4 cm³/mol. The van der Waals surface area contributed by atoms with Gasteiger partial charge >= 0.3 is 0 Å². The standard InChI is InChI=1S/C11H12Cl2N2O3/c12-8-5-9(14-6-16)11(15-10(8)13)18-4-3-17-7-1-2-7/h5-7H,1-4H2,(H,14,16). The van der Waals surface area contributed by atoms with Crippen LogP contribution in [0.25, 0.3) is 0 Å². The number of carbonyl (C=O) groups is 1. The third kappa shape index (κ3) is 3.73. The van der Waals surface area contributed by atoms with Gasteiger partial charge in [-0.25, -0.2) is 0 Å². The van der Waals surface area contributed by atoms with E-state index in [9.17, 15) is 4.79 Å². The van der Waals surface area contributed by atoms with Crippen molar-refractivity contribution in [3.05, 3.63) is 16.2 Å². The zero-order chi connectivity index (χ0) is 13.0. The largest absolute Gasteiger partial charge is 0.474 e. The molecule has 1 N–H and O–H groups in total. The molecular formula is C11H12Cl2N2O3. The summed E-state index contributed by atoms with van der Waals surface area (Å²) in [7, 11) is 0. The number of rotatable bonds is 7. The molecule has 7 heteroatoms. The Bertz CT molecular complexity index is 439. The Kier molecular flexibility index (Phi) is 4.63. The van der Waals surface area contributed by atoms with Crippen molar-refractivity contribution in [1.29, 1.82) is 0 Å². The first-order valence-corrected chi connectivity index (χ1v) is 6.27. The Morgan fingerprint density at radius 1 is 1.44 bits per heavy atom. The molecule has 1 aromatic heterocycles. The Balaban J connectivity index is 1.94. The van der Waals surface area contributed by atoms with E-state index in [0.717, 1.165) is 12.8 Å². The van der Waals surface area contributed by atoms with Crippen molar-refractivity contribution in [2.45, 2.75) is 18.9 Å². The fourth-order valence-corrected chi connectivity index (χ4v) is 1.60. The summed E-state index contributed by atoms with van der Waals surface area (Å²) >= 11 is 11.6. The summed E-state index contributed by atoms with van der Waals surface area (Å²) < 4.78 is 10.8. The number of carbonyl (C=O) groups excluding carboxylic acids is 1. The van der Waals surface area contributed by atoms with E-state index in [-0.39, 0.29) is 16.1 Å². The number of hydrogen-bond acceptors (Lipinski definition) is 4. The summed E-state index contributed by atoms with van der Waals surface area (Å²) in [6, 6.07) is 1.49. The van der Waals surface area contributed by atoms with Crippen LogP contribution in [0.2, 0.25) is 10.2 Å². The van der Waals surface area contributed by atoms with E-state index in [4.69, 9.17) is 32.7 Å². The number of pyridine rings is 1. The van der Waals surface area contributed by atoms with Gasteiger partial charge in [-0.05, 0) is 18.9 Å². The monoisotopic (exact) mass is 290 g/mol. The Morgan fingerprint density at radius 2 is 2.22 bits per heavy atom. The number of halogens is 2. The smallest absolute Gasteiger partial charge is 0.239 e. The summed E-state index contributed by atoms with van der Waals surface area (Å²) in [6.07, 6.45) is 3.13. The van der Waals surface area contributed by atoms with Crippen LogP contribution in [0.15, 0.2) is 6.07 Å². The van der Waals surface area contributed by atoms with Gasteiger partial charge in [0.15, 0.2) is 5.15 Å². The third-order valence-corrected chi connectivity index (χ3v) is 2.99. The number of anilines is 1. The SMILES string of the molecule is O=CNc1cc(Cl)c(Cl)nc1OCCOC1CC1. The molecule has 1 aromatic rings. The van der Waals surface area contributed by atoms with Gasteiger partial charge in [0.05, 0.1) is 17.7 Å². The van der Waals surface area contributed by atoms with E-state index in [1.165, 1.54) is 6.07 Å². The van der Waals surface area contributed by atoms with Crippen LogP contribution >= 0.6 is 23.2 Å². The van der Waals surface area contributed by atoms with E-state index in [2.05, 4.69) is 10.3 Å². The van der Waals surface area contributed by atoms with Crippen molar-refractivity contribution >= 4 is 35.3 Å². The van der Waals surface area contributed by atoms with Crippen LogP contribution < -0.4 is 10.1 Å². The predicted octanol–water partition coefficient (Wildman–Crippen LogP) is 2.51. The molecule has 0 bridgehead atoms. The lowest BCUT2D eigenvalue weighted by atomic mass is 10.4. The molecular weight excluding hydrogens is 279 g/mol. The number of ether oxygens (including phenoxy) is 2. The first kappa shape index (κ1) is 13.4. The third-order valence-electron chi connectivity index (χ3n) is 2.31. The fourth-order valence-electron chi connectivity index (χ4n) is 1.32. The number of amides is 1. The van der Waals surface area contributed by atoms with Gasteiger partial charge in [-0.2, -0.15) is 4.98 Å². The van der Waals surface area contributed by atoms with Gasteiger partial charge in [-0.3, -0.25) is 4.79 Å². The van der Waals surface area contributed by atoms with Gasteiger partial charge < -0.3 is 14.8 Å². The minimum absolute atomic E-state index is 0.131. The van der Waals surface area contributed by atoms with E-state index >= 15 is 0 Å². The van der Waals surface area contributed by atoms with E-state index in [1.54, 1.807) is 0 Å². The minimum atomic E-state index is 0.131. The molecule has 1 aliphatic carbocycles. The van der Waals surface area contributed by atoms with Gasteiger partial charge in [0.25, 0.3) is 0 Å². The van der Waals surface area contributed by atoms with Crippen LogP contribution in [0.4, 0.5) is 5.69 Å². The molecule has 0 saturated heterocycles. The maximum atomic E-state index is 10.5. The second-order valence-corrected chi connectivity index (χ2v) is 4.56. The van der Waals surface area contributed by atoms with Crippen LogP contribution in [-0.2, 0) is 9.53 Å². The van der Waals surface area contributed by atoms with Gasteiger partial charge in [0, 0.05) is 0 Å². The van der Waals surface area contributed by atoms with Gasteiger partial charge in [0.2, 0.25) is 12.3 Å². The molecule has 0 spiro atoms. The number of aromatic nitrogens is 1.